The molecule has 0 atom stereocenters. The van der Waals surface area contributed by atoms with Crippen LogP contribution in [0.25, 0.3) is 33.0 Å². The van der Waals surface area contributed by atoms with E-state index < -0.39 is 5.97 Å². The van der Waals surface area contributed by atoms with Crippen LogP contribution in [0.5, 0.6) is 0 Å². The minimum absolute atomic E-state index is 0.252. The summed E-state index contributed by atoms with van der Waals surface area (Å²) in [5.41, 5.74) is 9.90. The minimum Gasteiger partial charge on any atom is -0.462 e. The fourth-order valence-electron chi connectivity index (χ4n) is 3.16. The molecule has 0 aliphatic heterocycles. The molecule has 0 radical (unpaired) electrons. The third kappa shape index (κ3) is 3.66. The monoisotopic (exact) mass is 451 g/mol. The van der Waals surface area contributed by atoms with E-state index >= 15 is 0 Å². The maximum absolute atomic E-state index is 12.7. The molecule has 2 aromatic carbocycles. The van der Waals surface area contributed by atoms with Crippen LogP contribution in [0.15, 0.2) is 61.6 Å². The quantitative estimate of drug-likeness (QED) is 0.257. The Morgan fingerprint density at radius 2 is 1.74 bits per heavy atom. The molecular formula is C22H17N3O4S2. The number of anilines is 1. The molecule has 5 aromatic rings. The fraction of sp³-hybridized carbons (Fsp3) is 0.136. The maximum atomic E-state index is 12.7. The Kier molecular flexibility index (Phi) is 5.13. The maximum Gasteiger partial charge on any atom is 0.342 e. The summed E-state index contributed by atoms with van der Waals surface area (Å²) in [6.07, 6.45) is 0. The lowest BCUT2D eigenvalue weighted by Gasteiger charge is -2.04. The van der Waals surface area contributed by atoms with Crippen LogP contribution in [-0.2, 0) is 10.5 Å². The van der Waals surface area contributed by atoms with Gasteiger partial charge in [-0.15, -0.1) is 23.1 Å². The molecule has 2 N–H and O–H groups in total. The summed E-state index contributed by atoms with van der Waals surface area (Å²) in [5.74, 6) is 0.909. The highest BCUT2D eigenvalue weighted by molar-refractivity contribution is 8.00. The summed E-state index contributed by atoms with van der Waals surface area (Å²) in [5, 5.41) is 0. The number of rotatable bonds is 6. The average molecular weight is 452 g/mol. The van der Waals surface area contributed by atoms with Gasteiger partial charge in [-0.2, -0.15) is 0 Å². The molecule has 3 heterocycles. The van der Waals surface area contributed by atoms with Crippen LogP contribution in [0.3, 0.4) is 0 Å². The Labute approximate surface area is 185 Å². The molecule has 31 heavy (non-hydrogen) atoms. The van der Waals surface area contributed by atoms with Crippen molar-refractivity contribution in [3.05, 3.63) is 60.0 Å². The zero-order valence-corrected chi connectivity index (χ0v) is 18.1. The van der Waals surface area contributed by atoms with Crippen LogP contribution in [0.4, 0.5) is 5.69 Å². The summed E-state index contributed by atoms with van der Waals surface area (Å²) in [6.45, 7) is 2.01. The van der Waals surface area contributed by atoms with Gasteiger partial charge < -0.3 is 19.3 Å². The van der Waals surface area contributed by atoms with Gasteiger partial charge in [0.25, 0.3) is 0 Å². The number of hydrogen-bond acceptors (Lipinski definition) is 9. The number of oxazole rings is 2. The number of thioether (sulfide) groups is 1. The largest absolute Gasteiger partial charge is 0.462 e. The zero-order valence-electron chi connectivity index (χ0n) is 16.5. The first-order chi connectivity index (χ1) is 15.1. The number of ether oxygens (including phenoxy) is 1. The second-order valence-electron chi connectivity index (χ2n) is 6.58. The molecule has 0 saturated carbocycles. The van der Waals surface area contributed by atoms with Gasteiger partial charge >= 0.3 is 5.97 Å². The number of aromatic nitrogens is 2. The zero-order chi connectivity index (χ0) is 21.4. The number of para-hydroxylation sites is 4. The number of benzene rings is 2. The normalized spacial score (nSPS) is 11.4. The van der Waals surface area contributed by atoms with Crippen molar-refractivity contribution in [2.45, 2.75) is 16.9 Å². The molecule has 0 amide bonds. The van der Waals surface area contributed by atoms with Crippen molar-refractivity contribution in [2.24, 2.45) is 0 Å². The van der Waals surface area contributed by atoms with E-state index in [1.54, 1.807) is 6.92 Å². The van der Waals surface area contributed by atoms with Crippen LogP contribution in [0.1, 0.15) is 23.2 Å². The van der Waals surface area contributed by atoms with Crippen molar-refractivity contribution in [2.75, 3.05) is 12.3 Å². The molecule has 7 nitrogen and oxygen atoms in total. The number of carbonyl (C=O) groups is 1. The molecule has 0 fully saturated rings. The third-order valence-corrected chi connectivity index (χ3v) is 6.99. The van der Waals surface area contributed by atoms with E-state index in [2.05, 4.69) is 9.97 Å². The molecule has 3 aromatic heterocycles. The molecule has 0 unspecified atom stereocenters. The van der Waals surface area contributed by atoms with E-state index in [0.717, 1.165) is 16.6 Å². The SMILES string of the molecule is CCOC(=O)c1c(SCc2nc3ccccc3o2)sc(-c2nc3ccccc3o2)c1N. The van der Waals surface area contributed by atoms with Gasteiger partial charge in [-0.1, -0.05) is 24.3 Å². The van der Waals surface area contributed by atoms with Crippen LogP contribution < -0.4 is 5.73 Å². The Morgan fingerprint density at radius 1 is 1.06 bits per heavy atom. The Balaban J connectivity index is 1.51. The predicted molar refractivity (Wildman–Crippen MR) is 121 cm³/mol. The summed E-state index contributed by atoms with van der Waals surface area (Å²) >= 11 is 2.76. The smallest absolute Gasteiger partial charge is 0.342 e. The first-order valence-corrected chi connectivity index (χ1v) is 11.4. The van der Waals surface area contributed by atoms with Gasteiger partial charge in [-0.25, -0.2) is 14.8 Å². The third-order valence-electron chi connectivity index (χ3n) is 4.55. The summed E-state index contributed by atoms with van der Waals surface area (Å²) in [7, 11) is 0. The van der Waals surface area contributed by atoms with E-state index in [0.29, 0.717) is 43.5 Å². The molecule has 0 saturated heterocycles. The summed E-state index contributed by atoms with van der Waals surface area (Å²) in [6, 6.07) is 15.0. The van der Waals surface area contributed by atoms with Gasteiger partial charge in [0.2, 0.25) is 11.8 Å². The van der Waals surface area contributed by atoms with E-state index in [4.69, 9.17) is 19.3 Å². The van der Waals surface area contributed by atoms with Gasteiger partial charge in [-0.05, 0) is 31.2 Å². The van der Waals surface area contributed by atoms with E-state index in [-0.39, 0.29) is 6.61 Å². The number of fused-ring (bicyclic) bond motifs is 2. The Bertz CT molecular complexity index is 1340. The summed E-state index contributed by atoms with van der Waals surface area (Å²) < 4.78 is 17.6. The highest BCUT2D eigenvalue weighted by atomic mass is 32.2. The standard InChI is InChI=1S/C22H17N3O4S2/c1-2-27-21(26)17-18(23)19(20-25-13-8-4-6-10-15(13)29-20)31-22(17)30-11-16-24-12-7-3-5-9-14(12)28-16/h3-10H,2,11,23H2,1H3. The number of nitrogen functional groups attached to an aromatic ring is 1. The Hall–Kier alpha value is -3.30. The second kappa shape index (κ2) is 8.09. The lowest BCUT2D eigenvalue weighted by molar-refractivity contribution is 0.0524. The number of nitrogens with zero attached hydrogens (tertiary/aromatic N) is 2. The predicted octanol–water partition coefficient (Wildman–Crippen LogP) is 5.75. The first-order valence-electron chi connectivity index (χ1n) is 9.56. The van der Waals surface area contributed by atoms with Crippen LogP contribution >= 0.6 is 23.1 Å². The van der Waals surface area contributed by atoms with E-state index in [1.807, 2.05) is 48.5 Å². The van der Waals surface area contributed by atoms with Crippen molar-refractivity contribution in [1.82, 2.24) is 9.97 Å². The number of thiophene rings is 1. The Morgan fingerprint density at radius 3 is 2.42 bits per heavy atom. The van der Waals surface area contributed by atoms with Gasteiger partial charge in [0.05, 0.1) is 22.3 Å². The van der Waals surface area contributed by atoms with Gasteiger partial charge in [0.15, 0.2) is 11.2 Å². The number of carbonyl (C=O) groups excluding carboxylic acids is 1. The van der Waals surface area contributed by atoms with E-state index in [1.165, 1.54) is 23.1 Å². The van der Waals surface area contributed by atoms with Crippen molar-refractivity contribution in [3.8, 4) is 10.8 Å². The topological polar surface area (TPSA) is 104 Å². The van der Waals surface area contributed by atoms with Crippen LogP contribution in [0, 0.1) is 0 Å². The van der Waals surface area contributed by atoms with Gasteiger partial charge in [-0.3, -0.25) is 0 Å². The lowest BCUT2D eigenvalue weighted by Crippen LogP contribution is -2.07. The number of nitrogens with two attached hydrogens (primary N) is 1. The highest BCUT2D eigenvalue weighted by Gasteiger charge is 2.27. The molecule has 0 aliphatic rings. The molecule has 156 valence electrons. The molecule has 5 rings (SSSR count). The number of hydrogen-bond donors (Lipinski definition) is 1. The van der Waals surface area contributed by atoms with Crippen molar-refractivity contribution < 1.29 is 18.4 Å². The van der Waals surface area contributed by atoms with Crippen LogP contribution in [0.2, 0.25) is 0 Å². The molecule has 9 heteroatoms. The summed E-state index contributed by atoms with van der Waals surface area (Å²) in [4.78, 5) is 22.3. The molecule has 0 spiro atoms. The first kappa shape index (κ1) is 19.7. The fourth-order valence-corrected chi connectivity index (χ4v) is 5.40. The highest BCUT2D eigenvalue weighted by Crippen LogP contribution is 2.45. The van der Waals surface area contributed by atoms with Crippen LogP contribution in [-0.4, -0.2) is 22.5 Å². The molecular weight excluding hydrogens is 434 g/mol. The molecule has 0 bridgehead atoms. The van der Waals surface area contributed by atoms with Crippen molar-refractivity contribution >= 4 is 57.0 Å². The van der Waals surface area contributed by atoms with Gasteiger partial charge in [0, 0.05) is 0 Å². The van der Waals surface area contributed by atoms with Crippen molar-refractivity contribution in [1.29, 1.82) is 0 Å². The average Bonchev–Trinajstić information content (AvgIpc) is 3.46. The van der Waals surface area contributed by atoms with E-state index in [9.17, 15) is 4.79 Å². The minimum atomic E-state index is -0.473. The van der Waals surface area contributed by atoms with Crippen molar-refractivity contribution in [3.63, 3.8) is 0 Å². The second-order valence-corrected chi connectivity index (χ2v) is 8.84. The number of esters is 1. The molecule has 0 aliphatic carbocycles. The lowest BCUT2D eigenvalue weighted by atomic mass is 10.2. The van der Waals surface area contributed by atoms with Gasteiger partial charge in [0.1, 0.15) is 21.5 Å².